The van der Waals surface area contributed by atoms with Crippen LogP contribution in [-0.4, -0.2) is 13.1 Å². The van der Waals surface area contributed by atoms with Gasteiger partial charge in [-0.1, -0.05) is 33.6 Å². The van der Waals surface area contributed by atoms with E-state index >= 15 is 0 Å². The molecule has 0 aliphatic carbocycles. The highest BCUT2D eigenvalue weighted by Gasteiger charge is 2.15. The van der Waals surface area contributed by atoms with Gasteiger partial charge in [-0.25, -0.2) is 0 Å². The minimum absolute atomic E-state index is 0.0524. The number of rotatable bonds is 5. The first kappa shape index (κ1) is 11.5. The second-order valence-corrected chi connectivity index (χ2v) is 3.55. The van der Waals surface area contributed by atoms with Crippen LogP contribution in [0, 0.1) is 11.8 Å². The largest absolute Gasteiger partial charge is 0.469 e. The van der Waals surface area contributed by atoms with Gasteiger partial charge in [0.2, 0.25) is 0 Å². The molecule has 0 aromatic carbocycles. The maximum Gasteiger partial charge on any atom is 0.308 e. The van der Waals surface area contributed by atoms with Gasteiger partial charge < -0.3 is 4.74 Å². The van der Waals surface area contributed by atoms with Gasteiger partial charge in [0.25, 0.3) is 0 Å². The SMILES string of the molecule is CCC[C@@H](C)C[C@@H](C)C(=O)OC. The summed E-state index contributed by atoms with van der Waals surface area (Å²) in [4.78, 5) is 11.0. The normalized spacial score (nSPS) is 15.3. The average molecular weight is 172 g/mol. The Balaban J connectivity index is 3.67. The van der Waals surface area contributed by atoms with Crippen LogP contribution in [0.25, 0.3) is 0 Å². The van der Waals surface area contributed by atoms with E-state index in [1.807, 2.05) is 6.92 Å². The molecule has 0 aromatic heterocycles. The predicted molar refractivity (Wildman–Crippen MR) is 49.9 cm³/mol. The second-order valence-electron chi connectivity index (χ2n) is 3.55. The van der Waals surface area contributed by atoms with Crippen molar-refractivity contribution in [2.24, 2.45) is 11.8 Å². The molecule has 0 radical (unpaired) electrons. The van der Waals surface area contributed by atoms with Crippen LogP contribution in [0.3, 0.4) is 0 Å². The Bertz CT molecular complexity index is 132. The van der Waals surface area contributed by atoms with Gasteiger partial charge in [-0.05, 0) is 12.3 Å². The first-order chi connectivity index (χ1) is 5.61. The van der Waals surface area contributed by atoms with Crippen LogP contribution in [0.1, 0.15) is 40.0 Å². The molecule has 0 fully saturated rings. The lowest BCUT2D eigenvalue weighted by Crippen LogP contribution is -2.15. The Morgan fingerprint density at radius 2 is 2.00 bits per heavy atom. The van der Waals surface area contributed by atoms with Crippen molar-refractivity contribution < 1.29 is 9.53 Å². The lowest BCUT2D eigenvalue weighted by molar-refractivity contribution is -0.145. The van der Waals surface area contributed by atoms with Crippen LogP contribution in [-0.2, 0) is 9.53 Å². The Morgan fingerprint density at radius 3 is 2.42 bits per heavy atom. The van der Waals surface area contributed by atoms with Crippen LogP contribution in [0.4, 0.5) is 0 Å². The summed E-state index contributed by atoms with van der Waals surface area (Å²) >= 11 is 0. The zero-order valence-electron chi connectivity index (χ0n) is 8.59. The smallest absolute Gasteiger partial charge is 0.308 e. The maximum atomic E-state index is 11.0. The number of carbonyl (C=O) groups is 1. The van der Waals surface area contributed by atoms with Crippen molar-refractivity contribution >= 4 is 5.97 Å². The van der Waals surface area contributed by atoms with Gasteiger partial charge >= 0.3 is 5.97 Å². The summed E-state index contributed by atoms with van der Waals surface area (Å²) in [6.07, 6.45) is 3.33. The van der Waals surface area contributed by atoms with E-state index in [1.165, 1.54) is 20.0 Å². The van der Waals surface area contributed by atoms with Crippen molar-refractivity contribution in [1.82, 2.24) is 0 Å². The summed E-state index contributed by atoms with van der Waals surface area (Å²) in [5, 5.41) is 0. The fourth-order valence-corrected chi connectivity index (χ4v) is 1.51. The number of methoxy groups -OCH3 is 1. The van der Waals surface area contributed by atoms with Crippen molar-refractivity contribution in [2.45, 2.75) is 40.0 Å². The van der Waals surface area contributed by atoms with Crippen LogP contribution < -0.4 is 0 Å². The third kappa shape index (κ3) is 4.37. The number of hydrogen-bond acceptors (Lipinski definition) is 2. The first-order valence-corrected chi connectivity index (χ1v) is 4.69. The topological polar surface area (TPSA) is 26.3 Å². The van der Waals surface area contributed by atoms with Gasteiger partial charge in [-0.2, -0.15) is 0 Å². The highest BCUT2D eigenvalue weighted by molar-refractivity contribution is 5.71. The summed E-state index contributed by atoms with van der Waals surface area (Å²) in [5.41, 5.74) is 0. The van der Waals surface area contributed by atoms with Crippen LogP contribution in [0.5, 0.6) is 0 Å². The molecule has 2 heteroatoms. The van der Waals surface area contributed by atoms with Gasteiger partial charge in [-0.15, -0.1) is 0 Å². The van der Waals surface area contributed by atoms with Gasteiger partial charge in [0, 0.05) is 0 Å². The molecule has 0 aliphatic heterocycles. The molecule has 0 saturated heterocycles. The van der Waals surface area contributed by atoms with E-state index < -0.39 is 0 Å². The Labute approximate surface area is 75.3 Å². The van der Waals surface area contributed by atoms with Gasteiger partial charge in [-0.3, -0.25) is 4.79 Å². The minimum atomic E-state index is -0.0852. The predicted octanol–water partition coefficient (Wildman–Crippen LogP) is 2.62. The lowest BCUT2D eigenvalue weighted by Gasteiger charge is -2.14. The lowest BCUT2D eigenvalue weighted by atomic mass is 9.94. The molecule has 0 aliphatic rings. The standard InChI is InChI=1S/C10H20O2/c1-5-6-8(2)7-9(3)10(11)12-4/h8-9H,5-7H2,1-4H3/t8-,9-/m1/s1. The number of carbonyl (C=O) groups excluding carboxylic acids is 1. The molecule has 72 valence electrons. The molecular formula is C10H20O2. The molecule has 2 atom stereocenters. The molecule has 0 spiro atoms. The molecule has 0 N–H and O–H groups in total. The molecule has 0 aromatic rings. The van der Waals surface area contributed by atoms with Gasteiger partial charge in [0.1, 0.15) is 0 Å². The summed E-state index contributed by atoms with van der Waals surface area (Å²) < 4.78 is 4.65. The Hall–Kier alpha value is -0.530. The third-order valence-electron chi connectivity index (χ3n) is 2.14. The number of hydrogen-bond donors (Lipinski definition) is 0. The summed E-state index contributed by atoms with van der Waals surface area (Å²) in [7, 11) is 1.45. The zero-order chi connectivity index (χ0) is 9.56. The monoisotopic (exact) mass is 172 g/mol. The van der Waals surface area contributed by atoms with E-state index in [2.05, 4.69) is 18.6 Å². The van der Waals surface area contributed by atoms with Crippen molar-refractivity contribution in [3.8, 4) is 0 Å². The quantitative estimate of drug-likeness (QED) is 0.596. The van der Waals surface area contributed by atoms with Crippen molar-refractivity contribution in [3.05, 3.63) is 0 Å². The van der Waals surface area contributed by atoms with Gasteiger partial charge in [0.15, 0.2) is 0 Å². The average Bonchev–Trinajstić information content (AvgIpc) is 2.03. The Kier molecular flexibility index (Phi) is 5.77. The summed E-state index contributed by atoms with van der Waals surface area (Å²) in [6, 6.07) is 0. The van der Waals surface area contributed by atoms with Crippen LogP contribution in [0.2, 0.25) is 0 Å². The fraction of sp³-hybridized carbons (Fsp3) is 0.900. The molecule has 0 saturated carbocycles. The molecule has 0 bridgehead atoms. The van der Waals surface area contributed by atoms with E-state index in [-0.39, 0.29) is 11.9 Å². The van der Waals surface area contributed by atoms with E-state index in [0.29, 0.717) is 5.92 Å². The molecule has 12 heavy (non-hydrogen) atoms. The molecular weight excluding hydrogens is 152 g/mol. The van der Waals surface area contributed by atoms with E-state index in [1.54, 1.807) is 0 Å². The molecule has 2 nitrogen and oxygen atoms in total. The fourth-order valence-electron chi connectivity index (χ4n) is 1.51. The van der Waals surface area contributed by atoms with Crippen LogP contribution in [0.15, 0.2) is 0 Å². The van der Waals surface area contributed by atoms with E-state index in [4.69, 9.17) is 0 Å². The highest BCUT2D eigenvalue weighted by Crippen LogP contribution is 2.17. The number of esters is 1. The van der Waals surface area contributed by atoms with Crippen molar-refractivity contribution in [1.29, 1.82) is 0 Å². The first-order valence-electron chi connectivity index (χ1n) is 4.69. The zero-order valence-corrected chi connectivity index (χ0v) is 8.59. The third-order valence-corrected chi connectivity index (χ3v) is 2.14. The molecule has 0 unspecified atom stereocenters. The molecule has 0 amide bonds. The maximum absolute atomic E-state index is 11.0. The Morgan fingerprint density at radius 1 is 1.42 bits per heavy atom. The van der Waals surface area contributed by atoms with Gasteiger partial charge in [0.05, 0.1) is 13.0 Å². The highest BCUT2D eigenvalue weighted by atomic mass is 16.5. The van der Waals surface area contributed by atoms with Crippen LogP contribution >= 0.6 is 0 Å². The van der Waals surface area contributed by atoms with E-state index in [0.717, 1.165) is 6.42 Å². The van der Waals surface area contributed by atoms with Crippen molar-refractivity contribution in [3.63, 3.8) is 0 Å². The number of ether oxygens (including phenoxy) is 1. The molecule has 0 rings (SSSR count). The second kappa shape index (κ2) is 6.04. The molecule has 0 heterocycles. The summed E-state index contributed by atoms with van der Waals surface area (Å²) in [6.45, 7) is 6.28. The summed E-state index contributed by atoms with van der Waals surface area (Å²) in [5.74, 6) is 0.596. The van der Waals surface area contributed by atoms with E-state index in [9.17, 15) is 4.79 Å². The minimum Gasteiger partial charge on any atom is -0.469 e. The van der Waals surface area contributed by atoms with Crippen molar-refractivity contribution in [2.75, 3.05) is 7.11 Å².